The largest absolute Gasteiger partial charge is 0.481 e. The lowest BCUT2D eigenvalue weighted by Crippen LogP contribution is -2.49. The number of piperidine rings is 1. The van der Waals surface area contributed by atoms with Crippen LogP contribution in [0.2, 0.25) is 0 Å². The minimum atomic E-state index is -3.37. The van der Waals surface area contributed by atoms with Crippen LogP contribution in [0.15, 0.2) is 0 Å². The Bertz CT molecular complexity index is 394. The molecular formula is C11H21NO5S. The molecule has 18 heavy (non-hydrogen) atoms. The molecule has 1 saturated heterocycles. The molecule has 1 heterocycles. The first-order chi connectivity index (χ1) is 8.32. The number of ether oxygens (including phenoxy) is 1. The lowest BCUT2D eigenvalue weighted by molar-refractivity contribution is -0.150. The molecule has 0 saturated carbocycles. The monoisotopic (exact) mass is 279 g/mol. The fourth-order valence-electron chi connectivity index (χ4n) is 2.12. The quantitative estimate of drug-likeness (QED) is 0.717. The number of hydrogen-bond acceptors (Lipinski definition) is 4. The third-order valence-electron chi connectivity index (χ3n) is 3.32. The number of aliphatic carboxylic acids is 1. The second-order valence-electron chi connectivity index (χ2n) is 4.97. The summed E-state index contributed by atoms with van der Waals surface area (Å²) < 4.78 is 30.2. The van der Waals surface area contributed by atoms with E-state index in [1.165, 1.54) is 11.4 Å². The third-order valence-corrected chi connectivity index (χ3v) is 5.22. The molecule has 0 amide bonds. The first kappa shape index (κ1) is 15.4. The van der Waals surface area contributed by atoms with Crippen LogP contribution in [0.3, 0.4) is 0 Å². The van der Waals surface area contributed by atoms with Gasteiger partial charge in [0.05, 0.1) is 11.2 Å². The number of carboxylic acid groups (broad SMARTS) is 1. The summed E-state index contributed by atoms with van der Waals surface area (Å²) >= 11 is 0. The number of rotatable bonds is 6. The Labute approximate surface area is 108 Å². The second-order valence-corrected chi connectivity index (χ2v) is 7.05. The van der Waals surface area contributed by atoms with Crippen LogP contribution in [-0.4, -0.2) is 56.4 Å². The highest BCUT2D eigenvalue weighted by molar-refractivity contribution is 7.89. The van der Waals surface area contributed by atoms with Gasteiger partial charge in [0.1, 0.15) is 0 Å². The average molecular weight is 279 g/mol. The molecule has 1 aliphatic rings. The molecule has 0 radical (unpaired) electrons. The fourth-order valence-corrected chi connectivity index (χ4v) is 3.75. The molecule has 1 fully saturated rings. The average Bonchev–Trinajstić information content (AvgIpc) is 2.29. The van der Waals surface area contributed by atoms with E-state index in [4.69, 9.17) is 9.84 Å². The molecule has 106 valence electrons. The van der Waals surface area contributed by atoms with Gasteiger partial charge in [-0.25, -0.2) is 12.7 Å². The summed E-state index contributed by atoms with van der Waals surface area (Å²) in [4.78, 5) is 11.2. The van der Waals surface area contributed by atoms with Gasteiger partial charge in [-0.05, 0) is 26.2 Å². The van der Waals surface area contributed by atoms with E-state index in [1.54, 1.807) is 6.92 Å². The highest BCUT2D eigenvalue weighted by Gasteiger charge is 2.41. The Kier molecular flexibility index (Phi) is 5.12. The van der Waals surface area contributed by atoms with Crippen LogP contribution in [0, 0.1) is 5.41 Å². The van der Waals surface area contributed by atoms with E-state index in [1.807, 2.05) is 0 Å². The molecule has 6 nitrogen and oxygen atoms in total. The molecule has 0 spiro atoms. The van der Waals surface area contributed by atoms with Gasteiger partial charge < -0.3 is 9.84 Å². The van der Waals surface area contributed by atoms with Gasteiger partial charge in [-0.2, -0.15) is 0 Å². The van der Waals surface area contributed by atoms with E-state index in [2.05, 4.69) is 0 Å². The molecule has 0 aromatic rings. The van der Waals surface area contributed by atoms with Crippen molar-refractivity contribution in [1.82, 2.24) is 4.31 Å². The van der Waals surface area contributed by atoms with Crippen molar-refractivity contribution in [3.63, 3.8) is 0 Å². The van der Waals surface area contributed by atoms with Crippen molar-refractivity contribution in [2.75, 3.05) is 32.6 Å². The minimum absolute atomic E-state index is 0.0105. The zero-order valence-corrected chi connectivity index (χ0v) is 11.7. The molecular weight excluding hydrogens is 258 g/mol. The zero-order chi connectivity index (χ0) is 13.8. The Hall–Kier alpha value is -0.660. The maximum Gasteiger partial charge on any atom is 0.310 e. The van der Waals surface area contributed by atoms with Crippen molar-refractivity contribution in [3.8, 4) is 0 Å². The van der Waals surface area contributed by atoms with E-state index in [-0.39, 0.29) is 12.3 Å². The highest BCUT2D eigenvalue weighted by atomic mass is 32.2. The molecule has 1 rings (SSSR count). The van der Waals surface area contributed by atoms with Crippen molar-refractivity contribution in [3.05, 3.63) is 0 Å². The molecule has 1 aliphatic heterocycles. The predicted octanol–water partition coefficient (Wildman–Crippen LogP) is 0.539. The van der Waals surface area contributed by atoms with Gasteiger partial charge in [-0.1, -0.05) is 0 Å². The van der Waals surface area contributed by atoms with Gasteiger partial charge in [0, 0.05) is 26.8 Å². The van der Waals surface area contributed by atoms with Crippen LogP contribution in [0.25, 0.3) is 0 Å². The van der Waals surface area contributed by atoms with Crippen LogP contribution < -0.4 is 0 Å². The van der Waals surface area contributed by atoms with Crippen LogP contribution >= 0.6 is 0 Å². The summed E-state index contributed by atoms with van der Waals surface area (Å²) in [6, 6.07) is 0. The first-order valence-corrected chi connectivity index (χ1v) is 7.63. The van der Waals surface area contributed by atoms with Crippen molar-refractivity contribution in [1.29, 1.82) is 0 Å². The van der Waals surface area contributed by atoms with Crippen molar-refractivity contribution < 1.29 is 23.1 Å². The van der Waals surface area contributed by atoms with Crippen molar-refractivity contribution >= 4 is 16.0 Å². The SMILES string of the molecule is COCCCS(=O)(=O)N1CCCC(C)(C(=O)O)C1. The van der Waals surface area contributed by atoms with Gasteiger partial charge in [-0.15, -0.1) is 0 Å². The normalized spacial score (nSPS) is 26.1. The van der Waals surface area contributed by atoms with E-state index in [9.17, 15) is 13.2 Å². The standard InChI is InChI=1S/C11H21NO5S/c1-11(10(13)14)5-3-6-12(9-11)18(15,16)8-4-7-17-2/h3-9H2,1-2H3,(H,13,14). The summed E-state index contributed by atoms with van der Waals surface area (Å²) in [6.45, 7) is 2.48. The van der Waals surface area contributed by atoms with Gasteiger partial charge in [-0.3, -0.25) is 4.79 Å². The second kappa shape index (κ2) is 5.99. The topological polar surface area (TPSA) is 83.9 Å². The lowest BCUT2D eigenvalue weighted by Gasteiger charge is -2.36. The summed E-state index contributed by atoms with van der Waals surface area (Å²) in [6.07, 6.45) is 1.54. The summed E-state index contributed by atoms with van der Waals surface area (Å²) in [5.41, 5.74) is -0.966. The van der Waals surface area contributed by atoms with E-state index in [0.29, 0.717) is 32.4 Å². The molecule has 0 bridgehead atoms. The molecule has 1 unspecified atom stereocenters. The van der Waals surface area contributed by atoms with E-state index in [0.717, 1.165) is 0 Å². The molecule has 0 aromatic heterocycles. The minimum Gasteiger partial charge on any atom is -0.481 e. The zero-order valence-electron chi connectivity index (χ0n) is 10.9. The smallest absolute Gasteiger partial charge is 0.310 e. The van der Waals surface area contributed by atoms with Crippen molar-refractivity contribution in [2.45, 2.75) is 26.2 Å². The first-order valence-electron chi connectivity index (χ1n) is 6.02. The Balaban J connectivity index is 2.68. The van der Waals surface area contributed by atoms with Crippen LogP contribution in [0.1, 0.15) is 26.2 Å². The Morgan fingerprint density at radius 2 is 2.17 bits per heavy atom. The summed E-state index contributed by atoms with van der Waals surface area (Å²) in [7, 11) is -1.85. The van der Waals surface area contributed by atoms with Gasteiger partial charge in [0.25, 0.3) is 0 Å². The van der Waals surface area contributed by atoms with Gasteiger partial charge in [0.2, 0.25) is 10.0 Å². The van der Waals surface area contributed by atoms with Gasteiger partial charge in [0.15, 0.2) is 0 Å². The number of sulfonamides is 1. The highest BCUT2D eigenvalue weighted by Crippen LogP contribution is 2.31. The molecule has 0 aliphatic carbocycles. The van der Waals surface area contributed by atoms with Crippen LogP contribution in [-0.2, 0) is 19.6 Å². The Morgan fingerprint density at radius 3 is 2.72 bits per heavy atom. The maximum atomic E-state index is 12.0. The summed E-state index contributed by atoms with van der Waals surface area (Å²) in [5, 5.41) is 9.15. The molecule has 1 atom stereocenters. The van der Waals surface area contributed by atoms with Gasteiger partial charge >= 0.3 is 5.97 Å². The molecule has 1 N–H and O–H groups in total. The van der Waals surface area contributed by atoms with Crippen LogP contribution in [0.5, 0.6) is 0 Å². The van der Waals surface area contributed by atoms with E-state index >= 15 is 0 Å². The number of nitrogens with zero attached hydrogens (tertiary/aromatic N) is 1. The van der Waals surface area contributed by atoms with Crippen LogP contribution in [0.4, 0.5) is 0 Å². The third kappa shape index (κ3) is 3.66. The number of carboxylic acids is 1. The van der Waals surface area contributed by atoms with Crippen molar-refractivity contribution in [2.24, 2.45) is 5.41 Å². The Morgan fingerprint density at radius 1 is 1.50 bits per heavy atom. The van der Waals surface area contributed by atoms with E-state index < -0.39 is 21.4 Å². The molecule has 0 aromatic carbocycles. The molecule has 7 heteroatoms. The summed E-state index contributed by atoms with van der Waals surface area (Å²) in [5.74, 6) is -0.921. The maximum absolute atomic E-state index is 12.0. The number of methoxy groups -OCH3 is 1. The number of carbonyl (C=O) groups is 1. The fraction of sp³-hybridized carbons (Fsp3) is 0.909. The number of hydrogen-bond donors (Lipinski definition) is 1. The predicted molar refractivity (Wildman–Crippen MR) is 66.8 cm³/mol. The lowest BCUT2D eigenvalue weighted by atomic mass is 9.83.